The van der Waals surface area contributed by atoms with E-state index in [-0.39, 0.29) is 22.5 Å². The minimum absolute atomic E-state index is 0.00250. The number of halogens is 3. The summed E-state index contributed by atoms with van der Waals surface area (Å²) in [5.41, 5.74) is -0.880. The van der Waals surface area contributed by atoms with E-state index in [1.807, 2.05) is 13.8 Å². The van der Waals surface area contributed by atoms with Crippen LogP contribution in [0.2, 0.25) is 0 Å². The molecule has 0 aliphatic carbocycles. The van der Waals surface area contributed by atoms with Crippen molar-refractivity contribution in [2.45, 2.75) is 44.0 Å². The molecular formula is C19H21F3N2O4S. The third-order valence-electron chi connectivity index (χ3n) is 3.71. The fraction of sp³-hybridized carbons (Fsp3) is 0.316. The Hall–Kier alpha value is -2.75. The van der Waals surface area contributed by atoms with Crippen LogP contribution in [0.4, 0.5) is 18.9 Å². The van der Waals surface area contributed by atoms with Crippen LogP contribution in [0.3, 0.4) is 0 Å². The molecule has 0 aromatic heterocycles. The molecule has 158 valence electrons. The lowest BCUT2D eigenvalue weighted by atomic mass is 10.2. The van der Waals surface area contributed by atoms with E-state index in [0.29, 0.717) is 5.75 Å². The molecule has 0 saturated heterocycles. The zero-order valence-electron chi connectivity index (χ0n) is 15.9. The fourth-order valence-electron chi connectivity index (χ4n) is 2.30. The lowest BCUT2D eigenvalue weighted by Gasteiger charge is -2.16. The molecule has 0 saturated carbocycles. The number of hydrogen-bond donors (Lipinski definition) is 2. The average molecular weight is 430 g/mol. The number of sulfonamides is 1. The van der Waals surface area contributed by atoms with Crippen molar-refractivity contribution in [3.63, 3.8) is 0 Å². The van der Waals surface area contributed by atoms with Gasteiger partial charge in [0.1, 0.15) is 5.75 Å². The summed E-state index contributed by atoms with van der Waals surface area (Å²) in [6.45, 7) is 5.19. The number of anilines is 1. The summed E-state index contributed by atoms with van der Waals surface area (Å²) in [7, 11) is -4.01. The first kappa shape index (κ1) is 22.5. The van der Waals surface area contributed by atoms with Gasteiger partial charge in [0, 0.05) is 11.7 Å². The van der Waals surface area contributed by atoms with E-state index in [1.165, 1.54) is 24.3 Å². The van der Waals surface area contributed by atoms with Gasteiger partial charge in [-0.25, -0.2) is 8.42 Å². The largest absolute Gasteiger partial charge is 0.481 e. The molecular weight excluding hydrogens is 409 g/mol. The predicted molar refractivity (Wildman–Crippen MR) is 102 cm³/mol. The number of rotatable bonds is 7. The number of benzene rings is 2. The van der Waals surface area contributed by atoms with E-state index in [9.17, 15) is 26.4 Å². The van der Waals surface area contributed by atoms with Gasteiger partial charge in [-0.3, -0.25) is 9.52 Å². The highest BCUT2D eigenvalue weighted by molar-refractivity contribution is 7.92. The van der Waals surface area contributed by atoms with Crippen molar-refractivity contribution in [3.8, 4) is 5.75 Å². The van der Waals surface area contributed by atoms with Crippen LogP contribution < -0.4 is 14.8 Å². The van der Waals surface area contributed by atoms with Crippen molar-refractivity contribution in [1.82, 2.24) is 5.32 Å². The number of amides is 1. The van der Waals surface area contributed by atoms with Crippen molar-refractivity contribution >= 4 is 21.6 Å². The van der Waals surface area contributed by atoms with Gasteiger partial charge in [-0.15, -0.1) is 0 Å². The number of ether oxygens (including phenoxy) is 1. The Balaban J connectivity index is 2.07. The van der Waals surface area contributed by atoms with E-state index < -0.39 is 27.9 Å². The Kier molecular flexibility index (Phi) is 6.78. The molecule has 0 bridgehead atoms. The normalized spacial score (nSPS) is 13.1. The van der Waals surface area contributed by atoms with E-state index in [1.54, 1.807) is 6.92 Å². The number of nitrogens with one attached hydrogen (secondary N) is 2. The Morgan fingerprint density at radius 3 is 2.00 bits per heavy atom. The number of hydrogen-bond acceptors (Lipinski definition) is 4. The Labute approximate surface area is 167 Å². The van der Waals surface area contributed by atoms with E-state index >= 15 is 0 Å². The van der Waals surface area contributed by atoms with Crippen LogP contribution >= 0.6 is 0 Å². The zero-order valence-corrected chi connectivity index (χ0v) is 16.8. The molecule has 6 nitrogen and oxygen atoms in total. The summed E-state index contributed by atoms with van der Waals surface area (Å²) in [4.78, 5) is 11.8. The second-order valence-corrected chi connectivity index (χ2v) is 8.26. The van der Waals surface area contributed by atoms with Crippen LogP contribution in [0.15, 0.2) is 53.4 Å². The highest BCUT2D eigenvalue weighted by Gasteiger charge is 2.30. The summed E-state index contributed by atoms with van der Waals surface area (Å²) >= 11 is 0. The minimum atomic E-state index is -4.50. The van der Waals surface area contributed by atoms with Gasteiger partial charge in [-0.05, 0) is 69.3 Å². The van der Waals surface area contributed by atoms with Gasteiger partial charge in [-0.2, -0.15) is 13.2 Å². The first-order valence-electron chi connectivity index (χ1n) is 8.65. The van der Waals surface area contributed by atoms with Gasteiger partial charge in [-0.1, -0.05) is 0 Å². The fourth-order valence-corrected chi connectivity index (χ4v) is 3.36. The molecule has 0 aliphatic heterocycles. The molecule has 2 aromatic carbocycles. The molecule has 0 spiro atoms. The van der Waals surface area contributed by atoms with Crippen LogP contribution in [0.5, 0.6) is 5.75 Å². The van der Waals surface area contributed by atoms with Gasteiger partial charge in [0.05, 0.1) is 10.5 Å². The molecule has 2 N–H and O–H groups in total. The van der Waals surface area contributed by atoms with Crippen molar-refractivity contribution in [2.24, 2.45) is 0 Å². The van der Waals surface area contributed by atoms with E-state index in [2.05, 4.69) is 10.0 Å². The zero-order chi connectivity index (χ0) is 21.8. The van der Waals surface area contributed by atoms with Gasteiger partial charge in [0.15, 0.2) is 6.10 Å². The minimum Gasteiger partial charge on any atom is -0.481 e. The van der Waals surface area contributed by atoms with Gasteiger partial charge in [0.2, 0.25) is 0 Å². The smallest absolute Gasteiger partial charge is 0.416 e. The first-order chi connectivity index (χ1) is 13.4. The standard InChI is InChI=1S/C19H21F3N2O4S/c1-12(2)23-18(25)13(3)28-16-8-10-17(11-9-16)29(26,27)24-15-6-4-14(5-7-15)19(20,21)22/h4-13,24H,1-3H3,(H,23,25)/t13-/m0/s1. The maximum Gasteiger partial charge on any atom is 0.416 e. The third-order valence-corrected chi connectivity index (χ3v) is 5.11. The van der Waals surface area contributed by atoms with Crippen molar-refractivity contribution in [1.29, 1.82) is 0 Å². The van der Waals surface area contributed by atoms with E-state index in [0.717, 1.165) is 24.3 Å². The van der Waals surface area contributed by atoms with Gasteiger partial charge >= 0.3 is 6.18 Å². The maximum absolute atomic E-state index is 12.6. The molecule has 0 unspecified atom stereocenters. The van der Waals surface area contributed by atoms with Crippen LogP contribution in [-0.2, 0) is 21.0 Å². The summed E-state index contributed by atoms with van der Waals surface area (Å²) in [5.74, 6) is -0.00875. The lowest BCUT2D eigenvalue weighted by Crippen LogP contribution is -2.40. The highest BCUT2D eigenvalue weighted by atomic mass is 32.2. The highest BCUT2D eigenvalue weighted by Crippen LogP contribution is 2.30. The van der Waals surface area contributed by atoms with Crippen LogP contribution in [0.25, 0.3) is 0 Å². The number of carbonyl (C=O) groups is 1. The topological polar surface area (TPSA) is 84.5 Å². The second kappa shape index (κ2) is 8.73. The molecule has 10 heteroatoms. The molecule has 2 rings (SSSR count). The first-order valence-corrected chi connectivity index (χ1v) is 10.1. The van der Waals surface area contributed by atoms with Crippen molar-refractivity contribution in [2.75, 3.05) is 4.72 Å². The Bertz CT molecular complexity index is 941. The van der Waals surface area contributed by atoms with Gasteiger partial charge in [0.25, 0.3) is 15.9 Å². The molecule has 29 heavy (non-hydrogen) atoms. The molecule has 0 fully saturated rings. The van der Waals surface area contributed by atoms with E-state index in [4.69, 9.17) is 4.74 Å². The Morgan fingerprint density at radius 2 is 1.52 bits per heavy atom. The van der Waals surface area contributed by atoms with Crippen LogP contribution in [-0.4, -0.2) is 26.5 Å². The average Bonchev–Trinajstić information content (AvgIpc) is 2.61. The molecule has 0 heterocycles. The SMILES string of the molecule is CC(C)NC(=O)[C@H](C)Oc1ccc(S(=O)(=O)Nc2ccc(C(F)(F)F)cc2)cc1. The number of carbonyl (C=O) groups excluding carboxylic acids is 1. The monoisotopic (exact) mass is 430 g/mol. The number of alkyl halides is 3. The maximum atomic E-state index is 12.6. The lowest BCUT2D eigenvalue weighted by molar-refractivity contribution is -0.137. The third kappa shape index (κ3) is 6.38. The van der Waals surface area contributed by atoms with Crippen molar-refractivity contribution < 1.29 is 31.1 Å². The summed E-state index contributed by atoms with van der Waals surface area (Å²) < 4.78 is 70.3. The second-order valence-electron chi connectivity index (χ2n) is 6.58. The van der Waals surface area contributed by atoms with Gasteiger partial charge < -0.3 is 10.1 Å². The predicted octanol–water partition coefficient (Wildman–Crippen LogP) is 3.80. The molecule has 0 radical (unpaired) electrons. The van der Waals surface area contributed by atoms with Crippen LogP contribution in [0.1, 0.15) is 26.3 Å². The Morgan fingerprint density at radius 1 is 0.966 bits per heavy atom. The summed E-state index contributed by atoms with van der Waals surface area (Å²) in [6, 6.07) is 8.93. The molecule has 1 atom stereocenters. The quantitative estimate of drug-likeness (QED) is 0.700. The molecule has 0 aliphatic rings. The molecule has 2 aromatic rings. The summed E-state index contributed by atoms with van der Waals surface area (Å²) in [6.07, 6.45) is -5.28. The van der Waals surface area contributed by atoms with Crippen molar-refractivity contribution in [3.05, 3.63) is 54.1 Å². The molecule has 1 amide bonds. The summed E-state index contributed by atoms with van der Waals surface area (Å²) in [5, 5.41) is 2.70. The van der Waals surface area contributed by atoms with Crippen LogP contribution in [0, 0.1) is 0 Å².